The molecule has 0 spiro atoms. The highest BCUT2D eigenvalue weighted by atomic mass is 35.5. The lowest BCUT2D eigenvalue weighted by molar-refractivity contribution is -0.145. The van der Waals surface area contributed by atoms with Gasteiger partial charge in [-0.25, -0.2) is 9.18 Å². The molecule has 5 nitrogen and oxygen atoms in total. The molecule has 1 atom stereocenters. The first-order valence-corrected chi connectivity index (χ1v) is 7.62. The largest absolute Gasteiger partial charge is 0.479 e. The number of aromatic nitrogens is 1. The molecule has 1 N–H and O–H groups in total. The molecule has 0 saturated carbocycles. The monoisotopic (exact) mass is 349 g/mol. The first-order valence-electron chi connectivity index (χ1n) is 7.24. The maximum atomic E-state index is 14.0. The van der Waals surface area contributed by atoms with Gasteiger partial charge in [0.25, 0.3) is 0 Å². The molecule has 0 amide bonds. The van der Waals surface area contributed by atoms with Gasteiger partial charge in [-0.15, -0.1) is 0 Å². The molecule has 0 aliphatic carbocycles. The first kappa shape index (κ1) is 16.3. The Bertz CT molecular complexity index is 909. The van der Waals surface area contributed by atoms with Crippen LogP contribution < -0.4 is 4.74 Å². The van der Waals surface area contributed by atoms with Crippen molar-refractivity contribution in [2.24, 2.45) is 0 Å². The van der Waals surface area contributed by atoms with E-state index in [1.165, 1.54) is 18.2 Å². The summed E-state index contributed by atoms with van der Waals surface area (Å²) in [7, 11) is 0. The fourth-order valence-corrected chi connectivity index (χ4v) is 2.55. The van der Waals surface area contributed by atoms with Gasteiger partial charge in [0, 0.05) is 11.6 Å². The van der Waals surface area contributed by atoms with Crippen LogP contribution in [-0.2, 0) is 4.79 Å². The van der Waals surface area contributed by atoms with Gasteiger partial charge in [0.05, 0.1) is 10.4 Å². The zero-order valence-corrected chi connectivity index (χ0v) is 13.4. The average molecular weight is 350 g/mol. The highest BCUT2D eigenvalue weighted by Crippen LogP contribution is 2.36. The zero-order valence-electron chi connectivity index (χ0n) is 12.6. The van der Waals surface area contributed by atoms with Crippen LogP contribution in [-0.4, -0.2) is 22.3 Å². The highest BCUT2D eigenvalue weighted by molar-refractivity contribution is 6.33. The van der Waals surface area contributed by atoms with E-state index >= 15 is 0 Å². The van der Waals surface area contributed by atoms with Crippen molar-refractivity contribution in [3.8, 4) is 17.0 Å². The van der Waals surface area contributed by atoms with E-state index in [1.807, 2.05) is 0 Å². The van der Waals surface area contributed by atoms with Crippen LogP contribution in [0.25, 0.3) is 22.2 Å². The fourth-order valence-electron chi connectivity index (χ4n) is 2.34. The van der Waals surface area contributed by atoms with Crippen LogP contribution in [0.15, 0.2) is 40.9 Å². The molecule has 0 saturated heterocycles. The third-order valence-electron chi connectivity index (χ3n) is 3.57. The molecule has 0 aliphatic rings. The molecule has 0 radical (unpaired) electrons. The summed E-state index contributed by atoms with van der Waals surface area (Å²) in [6, 6.07) is 9.17. The number of benzene rings is 2. The van der Waals surface area contributed by atoms with E-state index < -0.39 is 17.9 Å². The Morgan fingerprint density at radius 2 is 2.17 bits per heavy atom. The van der Waals surface area contributed by atoms with Crippen molar-refractivity contribution in [3.05, 3.63) is 47.2 Å². The number of halogens is 2. The first-order chi connectivity index (χ1) is 11.5. The lowest BCUT2D eigenvalue weighted by Gasteiger charge is -2.14. The number of hydrogen-bond donors (Lipinski definition) is 1. The average Bonchev–Trinajstić information content (AvgIpc) is 2.95. The van der Waals surface area contributed by atoms with Gasteiger partial charge in [0.15, 0.2) is 11.7 Å². The van der Waals surface area contributed by atoms with Crippen LogP contribution in [0.3, 0.4) is 0 Å². The molecule has 1 unspecified atom stereocenters. The van der Waals surface area contributed by atoms with Crippen LogP contribution in [0.5, 0.6) is 5.75 Å². The lowest BCUT2D eigenvalue weighted by atomic mass is 10.1. The quantitative estimate of drug-likeness (QED) is 0.732. The number of fused-ring (bicyclic) bond motifs is 1. The van der Waals surface area contributed by atoms with Crippen molar-refractivity contribution >= 4 is 28.5 Å². The van der Waals surface area contributed by atoms with E-state index in [9.17, 15) is 9.18 Å². The summed E-state index contributed by atoms with van der Waals surface area (Å²) in [5, 5.41) is 13.7. The molecule has 0 bridgehead atoms. The van der Waals surface area contributed by atoms with E-state index in [-0.39, 0.29) is 22.8 Å². The summed E-state index contributed by atoms with van der Waals surface area (Å²) < 4.78 is 24.6. The summed E-state index contributed by atoms with van der Waals surface area (Å²) in [6.45, 7) is 1.69. The lowest BCUT2D eigenvalue weighted by Crippen LogP contribution is -2.26. The minimum atomic E-state index is -1.08. The summed E-state index contributed by atoms with van der Waals surface area (Å²) >= 11 is 6.18. The van der Waals surface area contributed by atoms with Crippen LogP contribution in [0, 0.1) is 5.82 Å². The Labute approximate surface area is 141 Å². The van der Waals surface area contributed by atoms with Crippen LogP contribution >= 0.6 is 11.6 Å². The standard InChI is InChI=1S/C17H13ClFNO4/c1-2-13(17(21)22)23-15-8-14-10(7-11(15)18)16(20-24-14)9-5-3-4-6-12(9)19/h3-8,13H,2H2,1H3,(H,21,22). The van der Waals surface area contributed by atoms with E-state index in [4.69, 9.17) is 26.0 Å². The number of nitrogens with zero attached hydrogens (tertiary/aromatic N) is 1. The topological polar surface area (TPSA) is 72.6 Å². The van der Waals surface area contributed by atoms with Crippen molar-refractivity contribution < 1.29 is 23.6 Å². The number of hydrogen-bond acceptors (Lipinski definition) is 4. The molecule has 0 aliphatic heterocycles. The van der Waals surface area contributed by atoms with Crippen LogP contribution in [0.1, 0.15) is 13.3 Å². The van der Waals surface area contributed by atoms with E-state index in [2.05, 4.69) is 5.16 Å². The van der Waals surface area contributed by atoms with Gasteiger partial charge in [-0.1, -0.05) is 35.8 Å². The molecule has 3 aromatic rings. The molecule has 1 aromatic heterocycles. The van der Waals surface area contributed by atoms with Crippen LogP contribution in [0.4, 0.5) is 4.39 Å². The molecule has 2 aromatic carbocycles. The maximum absolute atomic E-state index is 14.0. The number of carboxylic acid groups (broad SMARTS) is 1. The summed E-state index contributed by atoms with van der Waals surface area (Å²) in [5.74, 6) is -1.34. The Kier molecular flexibility index (Phi) is 4.40. The number of carbonyl (C=O) groups is 1. The number of carboxylic acids is 1. The summed E-state index contributed by atoms with van der Waals surface area (Å²) in [4.78, 5) is 11.1. The third kappa shape index (κ3) is 2.92. The molecular formula is C17H13ClFNO4. The van der Waals surface area contributed by atoms with E-state index in [1.54, 1.807) is 25.1 Å². The molecular weight excluding hydrogens is 337 g/mol. The second kappa shape index (κ2) is 6.49. The SMILES string of the molecule is CCC(Oc1cc2onc(-c3ccccc3F)c2cc1Cl)C(=O)O. The third-order valence-corrected chi connectivity index (χ3v) is 3.86. The van der Waals surface area contributed by atoms with Gasteiger partial charge in [-0.05, 0) is 24.6 Å². The predicted molar refractivity (Wildman–Crippen MR) is 86.8 cm³/mol. The van der Waals surface area contributed by atoms with Crippen molar-refractivity contribution in [1.82, 2.24) is 5.16 Å². The predicted octanol–water partition coefficient (Wildman–Crippen LogP) is 4.53. The number of rotatable bonds is 5. The molecule has 7 heteroatoms. The van der Waals surface area contributed by atoms with E-state index in [0.717, 1.165) is 0 Å². The van der Waals surface area contributed by atoms with Crippen molar-refractivity contribution in [1.29, 1.82) is 0 Å². The Balaban J connectivity index is 2.05. The normalized spacial score (nSPS) is 12.3. The van der Waals surface area contributed by atoms with Crippen LogP contribution in [0.2, 0.25) is 5.02 Å². The molecule has 0 fully saturated rings. The van der Waals surface area contributed by atoms with Gasteiger partial charge in [-0.3, -0.25) is 0 Å². The fraction of sp³-hybridized carbons (Fsp3) is 0.176. The second-order valence-corrected chi connectivity index (χ2v) is 5.55. The Morgan fingerprint density at radius 1 is 1.42 bits per heavy atom. The highest BCUT2D eigenvalue weighted by Gasteiger charge is 2.21. The number of ether oxygens (including phenoxy) is 1. The smallest absolute Gasteiger partial charge is 0.344 e. The van der Waals surface area contributed by atoms with Gasteiger partial charge >= 0.3 is 5.97 Å². The van der Waals surface area contributed by atoms with E-state index in [0.29, 0.717) is 16.7 Å². The van der Waals surface area contributed by atoms with Gasteiger partial charge < -0.3 is 14.4 Å². The molecule has 3 rings (SSSR count). The molecule has 124 valence electrons. The van der Waals surface area contributed by atoms with Crippen molar-refractivity contribution in [2.75, 3.05) is 0 Å². The Morgan fingerprint density at radius 3 is 2.83 bits per heavy atom. The zero-order chi connectivity index (χ0) is 17.3. The summed E-state index contributed by atoms with van der Waals surface area (Å²) in [6.07, 6.45) is -0.741. The second-order valence-electron chi connectivity index (χ2n) is 5.14. The van der Waals surface area contributed by atoms with Gasteiger partial charge in [0.2, 0.25) is 0 Å². The van der Waals surface area contributed by atoms with Crippen molar-refractivity contribution in [3.63, 3.8) is 0 Å². The Hall–Kier alpha value is -2.60. The number of aliphatic carboxylic acids is 1. The maximum Gasteiger partial charge on any atom is 0.344 e. The van der Waals surface area contributed by atoms with Gasteiger partial charge in [0.1, 0.15) is 17.3 Å². The summed E-state index contributed by atoms with van der Waals surface area (Å²) in [5.41, 5.74) is 0.938. The van der Waals surface area contributed by atoms with Gasteiger partial charge in [-0.2, -0.15) is 0 Å². The molecule has 24 heavy (non-hydrogen) atoms. The molecule has 1 heterocycles. The van der Waals surface area contributed by atoms with Crippen molar-refractivity contribution in [2.45, 2.75) is 19.4 Å². The minimum Gasteiger partial charge on any atom is -0.479 e. The minimum absolute atomic E-state index is 0.176.